The van der Waals surface area contributed by atoms with Crippen LogP contribution in [0.4, 0.5) is 0 Å². The molecule has 1 aliphatic carbocycles. The van der Waals surface area contributed by atoms with Crippen LogP contribution < -0.4 is 5.32 Å². The third-order valence-electron chi connectivity index (χ3n) is 2.55. The Balaban J connectivity index is 1.79. The van der Waals surface area contributed by atoms with Gasteiger partial charge in [0.2, 0.25) is 5.91 Å². The Labute approximate surface area is 87.4 Å². The predicted molar refractivity (Wildman–Crippen MR) is 52.0 cm³/mol. The minimum atomic E-state index is -0.520. The van der Waals surface area contributed by atoms with E-state index in [1.807, 2.05) is 0 Å². The molecule has 2 rings (SSSR count). The highest BCUT2D eigenvalue weighted by Gasteiger charge is 2.52. The van der Waals surface area contributed by atoms with Crippen LogP contribution in [-0.2, 0) is 4.79 Å². The molecule has 1 atom stereocenters. The fraction of sp³-hybridized carbons (Fsp3) is 0.875. The molecule has 1 heterocycles. The van der Waals surface area contributed by atoms with Crippen molar-refractivity contribution in [2.24, 2.45) is 5.92 Å². The fourth-order valence-corrected chi connectivity index (χ4v) is 2.14. The highest BCUT2D eigenvalue weighted by Crippen LogP contribution is 2.53. The lowest BCUT2D eigenvalue weighted by atomic mass is 10.3. The summed E-state index contributed by atoms with van der Waals surface area (Å²) in [6.45, 7) is 2.98. The largest absolute Gasteiger partial charge is 0.354 e. The standard InChI is InChI=1S/C8H12Cl2N2O/c9-8(10)3-6(8)4-12-2-1-11-7(13)5-12/h6H,1-5H2,(H,11,13). The van der Waals surface area contributed by atoms with Crippen molar-refractivity contribution in [1.29, 1.82) is 0 Å². The van der Waals surface area contributed by atoms with E-state index in [9.17, 15) is 4.79 Å². The number of nitrogens with zero attached hydrogens (tertiary/aromatic N) is 1. The van der Waals surface area contributed by atoms with Gasteiger partial charge in [0.25, 0.3) is 0 Å². The normalized spacial score (nSPS) is 32.8. The SMILES string of the molecule is O=C1CN(CC2CC2(Cl)Cl)CCN1. The van der Waals surface area contributed by atoms with Crippen LogP contribution in [0.3, 0.4) is 0 Å². The van der Waals surface area contributed by atoms with Gasteiger partial charge in [-0.2, -0.15) is 0 Å². The molecule has 0 aromatic heterocycles. The van der Waals surface area contributed by atoms with Gasteiger partial charge >= 0.3 is 0 Å². The van der Waals surface area contributed by atoms with Crippen LogP contribution in [0, 0.1) is 5.92 Å². The molecule has 5 heteroatoms. The Kier molecular flexibility index (Phi) is 2.43. The van der Waals surface area contributed by atoms with Crippen molar-refractivity contribution < 1.29 is 4.79 Å². The van der Waals surface area contributed by atoms with E-state index in [1.165, 1.54) is 0 Å². The molecule has 1 aliphatic heterocycles. The second-order valence-corrected chi connectivity index (χ2v) is 5.29. The van der Waals surface area contributed by atoms with Gasteiger partial charge in [0.15, 0.2) is 0 Å². The van der Waals surface area contributed by atoms with Crippen LogP contribution in [0.5, 0.6) is 0 Å². The van der Waals surface area contributed by atoms with E-state index in [4.69, 9.17) is 23.2 Å². The van der Waals surface area contributed by atoms with E-state index in [0.717, 1.165) is 26.1 Å². The lowest BCUT2D eigenvalue weighted by Gasteiger charge is -2.26. The zero-order valence-electron chi connectivity index (χ0n) is 7.22. The Morgan fingerprint density at radius 1 is 1.62 bits per heavy atom. The van der Waals surface area contributed by atoms with Gasteiger partial charge in [0, 0.05) is 25.6 Å². The number of halogens is 2. The number of piperazine rings is 1. The number of carbonyl (C=O) groups is 1. The highest BCUT2D eigenvalue weighted by molar-refractivity contribution is 6.50. The van der Waals surface area contributed by atoms with Crippen molar-refractivity contribution in [2.75, 3.05) is 26.2 Å². The van der Waals surface area contributed by atoms with Crippen molar-refractivity contribution in [3.63, 3.8) is 0 Å². The average molecular weight is 223 g/mol. The monoisotopic (exact) mass is 222 g/mol. The summed E-state index contributed by atoms with van der Waals surface area (Å²) < 4.78 is -0.520. The van der Waals surface area contributed by atoms with Gasteiger partial charge in [-0.15, -0.1) is 23.2 Å². The zero-order valence-corrected chi connectivity index (χ0v) is 8.74. The lowest BCUT2D eigenvalue weighted by molar-refractivity contribution is -0.124. The number of nitrogens with one attached hydrogen (secondary N) is 1. The summed E-state index contributed by atoms with van der Waals surface area (Å²) in [5.41, 5.74) is 0. The summed E-state index contributed by atoms with van der Waals surface area (Å²) in [5, 5.41) is 2.78. The Bertz CT molecular complexity index is 232. The van der Waals surface area contributed by atoms with Crippen LogP contribution in [-0.4, -0.2) is 41.3 Å². The Morgan fingerprint density at radius 3 is 2.85 bits per heavy atom. The molecule has 13 heavy (non-hydrogen) atoms. The van der Waals surface area contributed by atoms with Crippen molar-refractivity contribution in [3.8, 4) is 0 Å². The number of hydrogen-bond donors (Lipinski definition) is 1. The first-order valence-corrected chi connectivity index (χ1v) is 5.20. The van der Waals surface area contributed by atoms with E-state index in [-0.39, 0.29) is 5.91 Å². The molecule has 0 aromatic rings. The molecule has 3 nitrogen and oxygen atoms in total. The molecule has 1 amide bonds. The molecule has 2 fully saturated rings. The first-order chi connectivity index (χ1) is 6.08. The first kappa shape index (κ1) is 9.56. The van der Waals surface area contributed by atoms with Gasteiger partial charge in [-0.3, -0.25) is 9.69 Å². The molecular weight excluding hydrogens is 211 g/mol. The van der Waals surface area contributed by atoms with Crippen molar-refractivity contribution in [2.45, 2.75) is 10.8 Å². The maximum Gasteiger partial charge on any atom is 0.234 e. The van der Waals surface area contributed by atoms with Gasteiger partial charge < -0.3 is 5.32 Å². The van der Waals surface area contributed by atoms with Gasteiger partial charge in [-0.05, 0) is 6.42 Å². The molecule has 0 spiro atoms. The predicted octanol–water partition coefficient (Wildman–Crippen LogP) is 0.612. The molecule has 0 radical (unpaired) electrons. The maximum absolute atomic E-state index is 11.0. The third kappa shape index (κ3) is 2.27. The summed E-state index contributed by atoms with van der Waals surface area (Å²) in [5.74, 6) is 0.448. The molecule has 2 aliphatic rings. The van der Waals surface area contributed by atoms with Crippen molar-refractivity contribution in [1.82, 2.24) is 10.2 Å². The van der Waals surface area contributed by atoms with Crippen LogP contribution in [0.25, 0.3) is 0 Å². The van der Waals surface area contributed by atoms with E-state index >= 15 is 0 Å². The van der Waals surface area contributed by atoms with Crippen molar-refractivity contribution >= 4 is 29.1 Å². The number of amides is 1. The molecule has 0 bridgehead atoms. The zero-order chi connectivity index (χ0) is 9.47. The topological polar surface area (TPSA) is 32.3 Å². The van der Waals surface area contributed by atoms with Crippen LogP contribution in [0.2, 0.25) is 0 Å². The summed E-state index contributed by atoms with van der Waals surface area (Å²) in [6.07, 6.45) is 0.855. The molecule has 1 saturated carbocycles. The Hall–Kier alpha value is 0.01000. The van der Waals surface area contributed by atoms with Crippen LogP contribution >= 0.6 is 23.2 Å². The van der Waals surface area contributed by atoms with Gasteiger partial charge in [-0.25, -0.2) is 0 Å². The number of alkyl halides is 2. The Morgan fingerprint density at radius 2 is 2.31 bits per heavy atom. The van der Waals surface area contributed by atoms with Gasteiger partial charge in [-0.1, -0.05) is 0 Å². The van der Waals surface area contributed by atoms with E-state index in [0.29, 0.717) is 12.5 Å². The van der Waals surface area contributed by atoms with Gasteiger partial charge in [0.1, 0.15) is 4.33 Å². The maximum atomic E-state index is 11.0. The first-order valence-electron chi connectivity index (χ1n) is 4.45. The summed E-state index contributed by atoms with van der Waals surface area (Å²) in [7, 11) is 0. The highest BCUT2D eigenvalue weighted by atomic mass is 35.5. The van der Waals surface area contributed by atoms with Gasteiger partial charge in [0.05, 0.1) is 6.54 Å². The number of carbonyl (C=O) groups excluding carboxylic acids is 1. The minimum absolute atomic E-state index is 0.0987. The molecule has 1 saturated heterocycles. The van der Waals surface area contributed by atoms with E-state index in [1.54, 1.807) is 0 Å². The smallest absolute Gasteiger partial charge is 0.234 e. The van der Waals surface area contributed by atoms with E-state index in [2.05, 4.69) is 10.2 Å². The lowest BCUT2D eigenvalue weighted by Crippen LogP contribution is -2.48. The van der Waals surface area contributed by atoms with Crippen LogP contribution in [0.1, 0.15) is 6.42 Å². The average Bonchev–Trinajstić information content (AvgIpc) is 2.58. The number of hydrogen-bond acceptors (Lipinski definition) is 2. The minimum Gasteiger partial charge on any atom is -0.354 e. The quantitative estimate of drug-likeness (QED) is 0.695. The molecule has 1 N–H and O–H groups in total. The fourth-order valence-electron chi connectivity index (χ4n) is 1.63. The molecular formula is C8H12Cl2N2O. The second-order valence-electron chi connectivity index (χ2n) is 3.75. The summed E-state index contributed by atoms with van der Waals surface area (Å²) in [6, 6.07) is 0. The molecule has 74 valence electrons. The van der Waals surface area contributed by atoms with Crippen LogP contribution in [0.15, 0.2) is 0 Å². The number of rotatable bonds is 2. The van der Waals surface area contributed by atoms with Crippen molar-refractivity contribution in [3.05, 3.63) is 0 Å². The summed E-state index contributed by atoms with van der Waals surface area (Å²) >= 11 is 11.8. The third-order valence-corrected chi connectivity index (χ3v) is 3.48. The molecule has 1 unspecified atom stereocenters. The van der Waals surface area contributed by atoms with E-state index < -0.39 is 4.33 Å². The molecule has 0 aromatic carbocycles. The summed E-state index contributed by atoms with van der Waals surface area (Å²) in [4.78, 5) is 13.1. The second kappa shape index (κ2) is 3.30.